The number of carbonyl (C=O) groups excluding carboxylic acids is 1. The number of aryl methyl sites for hydroxylation is 1. The molecule has 0 saturated heterocycles. The summed E-state index contributed by atoms with van der Waals surface area (Å²) in [5, 5.41) is 0.469. The highest BCUT2D eigenvalue weighted by Gasteiger charge is 2.17. The maximum absolute atomic E-state index is 12.3. The summed E-state index contributed by atoms with van der Waals surface area (Å²) in [6.07, 6.45) is 0. The van der Waals surface area contributed by atoms with Gasteiger partial charge in [0.25, 0.3) is 0 Å². The summed E-state index contributed by atoms with van der Waals surface area (Å²) >= 11 is 5.80. The second-order valence-corrected chi connectivity index (χ2v) is 4.37. The number of rotatable bonds is 3. The van der Waals surface area contributed by atoms with Gasteiger partial charge in [-0.1, -0.05) is 11.6 Å². The molecule has 1 heterocycles. The number of nitrogens with zero attached hydrogens (tertiary/aromatic N) is 2. The fraction of sp³-hybridized carbons (Fsp3) is 0.154. The molecule has 0 spiro atoms. The first-order valence-electron chi connectivity index (χ1n) is 5.50. The number of carbonyl (C=O) groups is 1. The maximum atomic E-state index is 12.3. The monoisotopic (exact) mass is 277 g/mol. The van der Waals surface area contributed by atoms with E-state index in [0.717, 1.165) is 0 Å². The number of anilines is 1. The summed E-state index contributed by atoms with van der Waals surface area (Å²) in [6.45, 7) is 1.76. The maximum Gasteiger partial charge on any atom is 0.232 e. The summed E-state index contributed by atoms with van der Waals surface area (Å²) in [7, 11) is 1.48. The predicted octanol–water partition coefficient (Wildman–Crippen LogP) is 2.26. The van der Waals surface area contributed by atoms with Crippen molar-refractivity contribution in [2.45, 2.75) is 6.92 Å². The third-order valence-electron chi connectivity index (χ3n) is 2.50. The Kier molecular flexibility index (Phi) is 3.66. The largest absolute Gasteiger partial charge is 0.481 e. The normalized spacial score (nSPS) is 10.3. The van der Waals surface area contributed by atoms with E-state index in [1.807, 2.05) is 0 Å². The van der Waals surface area contributed by atoms with Gasteiger partial charge in [-0.05, 0) is 25.1 Å². The first kappa shape index (κ1) is 13.3. The number of hydrogen-bond donors (Lipinski definition) is 1. The molecule has 0 radical (unpaired) electrons. The van der Waals surface area contributed by atoms with Crippen molar-refractivity contribution in [1.82, 2.24) is 9.97 Å². The average Bonchev–Trinajstić information content (AvgIpc) is 2.37. The van der Waals surface area contributed by atoms with Crippen LogP contribution in [0, 0.1) is 6.92 Å². The Bertz CT molecular complexity index is 644. The van der Waals surface area contributed by atoms with Gasteiger partial charge in [0.1, 0.15) is 0 Å². The molecule has 2 aromatic rings. The van der Waals surface area contributed by atoms with Crippen LogP contribution in [0.25, 0.3) is 0 Å². The molecule has 1 aromatic carbocycles. The molecule has 0 unspecified atom stereocenters. The molecule has 0 atom stereocenters. The zero-order chi connectivity index (χ0) is 14.0. The molecule has 0 bridgehead atoms. The minimum Gasteiger partial charge on any atom is -0.481 e. The standard InChI is InChI=1S/C13H12ClN3O2/c1-7-5-11(19-2)17-13(16-7)12(18)9-4-3-8(14)6-10(9)15/h3-6H,15H2,1-2H3. The number of aromatic nitrogens is 2. The Morgan fingerprint density at radius 1 is 1.32 bits per heavy atom. The lowest BCUT2D eigenvalue weighted by Crippen LogP contribution is -2.11. The molecule has 0 aliphatic rings. The van der Waals surface area contributed by atoms with Gasteiger partial charge in [-0.2, -0.15) is 4.98 Å². The van der Waals surface area contributed by atoms with Crippen LogP contribution in [0.4, 0.5) is 5.69 Å². The first-order chi connectivity index (χ1) is 9.01. The third-order valence-corrected chi connectivity index (χ3v) is 2.74. The van der Waals surface area contributed by atoms with Crippen LogP contribution in [-0.2, 0) is 0 Å². The van der Waals surface area contributed by atoms with Crippen molar-refractivity contribution >= 4 is 23.1 Å². The second kappa shape index (κ2) is 5.24. The number of methoxy groups -OCH3 is 1. The molecule has 2 rings (SSSR count). The van der Waals surface area contributed by atoms with Crippen molar-refractivity contribution < 1.29 is 9.53 Å². The Hall–Kier alpha value is -2.14. The molecule has 2 N–H and O–H groups in total. The van der Waals surface area contributed by atoms with E-state index in [1.54, 1.807) is 25.1 Å². The fourth-order valence-corrected chi connectivity index (χ4v) is 1.79. The number of nitrogens with two attached hydrogens (primary N) is 1. The van der Waals surface area contributed by atoms with E-state index in [0.29, 0.717) is 27.8 Å². The van der Waals surface area contributed by atoms with Crippen LogP contribution >= 0.6 is 11.6 Å². The number of ketones is 1. The van der Waals surface area contributed by atoms with Gasteiger partial charge in [0.05, 0.1) is 7.11 Å². The lowest BCUT2D eigenvalue weighted by Gasteiger charge is -2.06. The van der Waals surface area contributed by atoms with Crippen molar-refractivity contribution in [1.29, 1.82) is 0 Å². The quantitative estimate of drug-likeness (QED) is 0.688. The summed E-state index contributed by atoms with van der Waals surface area (Å²) in [4.78, 5) is 20.4. The molecule has 0 saturated carbocycles. The van der Waals surface area contributed by atoms with Gasteiger partial charge in [0, 0.05) is 28.0 Å². The van der Waals surface area contributed by atoms with E-state index in [2.05, 4.69) is 9.97 Å². The van der Waals surface area contributed by atoms with Gasteiger partial charge in [-0.3, -0.25) is 4.79 Å². The Labute approximate surface area is 115 Å². The van der Waals surface area contributed by atoms with Gasteiger partial charge in [0.15, 0.2) is 0 Å². The van der Waals surface area contributed by atoms with Gasteiger partial charge in [0.2, 0.25) is 17.5 Å². The van der Waals surface area contributed by atoms with Crippen molar-refractivity contribution in [2.24, 2.45) is 0 Å². The van der Waals surface area contributed by atoms with Crippen molar-refractivity contribution in [3.05, 3.63) is 46.4 Å². The summed E-state index contributed by atoms with van der Waals surface area (Å²) < 4.78 is 5.02. The van der Waals surface area contributed by atoms with Crippen molar-refractivity contribution in [3.63, 3.8) is 0 Å². The topological polar surface area (TPSA) is 78.1 Å². The summed E-state index contributed by atoms with van der Waals surface area (Å²) in [5.74, 6) is 0.0189. The Morgan fingerprint density at radius 2 is 2.05 bits per heavy atom. The van der Waals surface area contributed by atoms with E-state index in [-0.39, 0.29) is 11.6 Å². The van der Waals surface area contributed by atoms with Gasteiger partial charge in [-0.15, -0.1) is 0 Å². The number of ether oxygens (including phenoxy) is 1. The molecule has 6 heteroatoms. The number of hydrogen-bond acceptors (Lipinski definition) is 5. The molecular formula is C13H12ClN3O2. The molecule has 0 fully saturated rings. The van der Waals surface area contributed by atoms with E-state index >= 15 is 0 Å². The molecule has 0 amide bonds. The molecule has 0 aliphatic heterocycles. The zero-order valence-corrected chi connectivity index (χ0v) is 11.2. The van der Waals surface area contributed by atoms with Crippen LogP contribution in [0.2, 0.25) is 5.02 Å². The minimum absolute atomic E-state index is 0.0471. The molecule has 0 aliphatic carbocycles. The lowest BCUT2D eigenvalue weighted by atomic mass is 10.1. The van der Waals surface area contributed by atoms with Crippen LogP contribution in [0.3, 0.4) is 0 Å². The predicted molar refractivity (Wildman–Crippen MR) is 72.6 cm³/mol. The molecule has 1 aromatic heterocycles. The van der Waals surface area contributed by atoms with Crippen LogP contribution in [-0.4, -0.2) is 22.9 Å². The van der Waals surface area contributed by atoms with Gasteiger partial charge >= 0.3 is 0 Å². The van der Waals surface area contributed by atoms with Crippen LogP contribution in [0.5, 0.6) is 5.88 Å². The number of nitrogen functional groups attached to an aromatic ring is 1. The highest BCUT2D eigenvalue weighted by atomic mass is 35.5. The van der Waals surface area contributed by atoms with Gasteiger partial charge < -0.3 is 10.5 Å². The number of halogens is 1. The average molecular weight is 278 g/mol. The van der Waals surface area contributed by atoms with E-state index in [4.69, 9.17) is 22.1 Å². The minimum atomic E-state index is -0.365. The Morgan fingerprint density at radius 3 is 2.68 bits per heavy atom. The zero-order valence-electron chi connectivity index (χ0n) is 10.5. The second-order valence-electron chi connectivity index (χ2n) is 3.94. The molecule has 5 nitrogen and oxygen atoms in total. The number of benzene rings is 1. The lowest BCUT2D eigenvalue weighted by molar-refractivity contribution is 0.102. The van der Waals surface area contributed by atoms with E-state index in [9.17, 15) is 4.79 Å². The molecular weight excluding hydrogens is 266 g/mol. The van der Waals surface area contributed by atoms with Crippen molar-refractivity contribution in [2.75, 3.05) is 12.8 Å². The van der Waals surface area contributed by atoms with E-state index in [1.165, 1.54) is 13.2 Å². The summed E-state index contributed by atoms with van der Waals surface area (Å²) in [5.41, 5.74) is 7.03. The van der Waals surface area contributed by atoms with Crippen LogP contribution in [0.15, 0.2) is 24.3 Å². The van der Waals surface area contributed by atoms with Crippen LogP contribution in [0.1, 0.15) is 21.9 Å². The van der Waals surface area contributed by atoms with E-state index < -0.39 is 0 Å². The fourth-order valence-electron chi connectivity index (χ4n) is 1.61. The Balaban J connectivity index is 2.46. The highest BCUT2D eigenvalue weighted by Crippen LogP contribution is 2.20. The molecule has 98 valence electrons. The van der Waals surface area contributed by atoms with Crippen molar-refractivity contribution in [3.8, 4) is 5.88 Å². The third kappa shape index (κ3) is 2.82. The van der Waals surface area contributed by atoms with Crippen LogP contribution < -0.4 is 10.5 Å². The van der Waals surface area contributed by atoms with Gasteiger partial charge in [-0.25, -0.2) is 4.98 Å². The molecule has 19 heavy (non-hydrogen) atoms. The SMILES string of the molecule is COc1cc(C)nc(C(=O)c2ccc(Cl)cc2N)n1. The highest BCUT2D eigenvalue weighted by molar-refractivity contribution is 6.31. The smallest absolute Gasteiger partial charge is 0.232 e. The summed E-state index contributed by atoms with van der Waals surface area (Å²) in [6, 6.07) is 6.31. The first-order valence-corrected chi connectivity index (χ1v) is 5.88.